The van der Waals surface area contributed by atoms with E-state index >= 15 is 0 Å². The summed E-state index contributed by atoms with van der Waals surface area (Å²) >= 11 is 1.90. The fourth-order valence-corrected chi connectivity index (χ4v) is 2.70. The van der Waals surface area contributed by atoms with Crippen molar-refractivity contribution in [1.29, 1.82) is 0 Å². The SMILES string of the molecule is COCCSc1ccc2cc1CC2.CONOC. The molecule has 102 valence electrons. The van der Waals surface area contributed by atoms with Crippen molar-refractivity contribution in [3.63, 3.8) is 0 Å². The van der Waals surface area contributed by atoms with Crippen LogP contribution in [0.25, 0.3) is 0 Å². The van der Waals surface area contributed by atoms with E-state index in [1.54, 1.807) is 7.11 Å². The number of fused-ring (bicyclic) bond motifs is 2. The van der Waals surface area contributed by atoms with Crippen LogP contribution in [0.3, 0.4) is 0 Å². The number of aryl methyl sites for hydroxylation is 2. The number of benzene rings is 1. The standard InChI is InChI=1S/C11H14OS.C2H7NO2/c1-12-6-7-13-11-5-3-9-2-4-10(11)8-9;1-4-3-5-2/h3,5,8H,2,4,6-7H2,1H3;3H,1-2H3. The van der Waals surface area contributed by atoms with Gasteiger partial charge in [-0.3, -0.25) is 9.68 Å². The zero-order chi connectivity index (χ0) is 13.2. The van der Waals surface area contributed by atoms with E-state index in [-0.39, 0.29) is 0 Å². The van der Waals surface area contributed by atoms with E-state index in [1.807, 2.05) is 11.8 Å². The highest BCUT2D eigenvalue weighted by molar-refractivity contribution is 7.99. The summed E-state index contributed by atoms with van der Waals surface area (Å²) in [5.74, 6) is 1.06. The summed E-state index contributed by atoms with van der Waals surface area (Å²) in [7, 11) is 4.70. The maximum atomic E-state index is 5.03. The van der Waals surface area contributed by atoms with Crippen LogP contribution in [0.5, 0.6) is 0 Å². The van der Waals surface area contributed by atoms with Gasteiger partial charge in [0.1, 0.15) is 0 Å². The molecule has 0 unspecified atom stereocenters. The van der Waals surface area contributed by atoms with Crippen molar-refractivity contribution in [3.8, 4) is 0 Å². The second-order valence-corrected chi connectivity index (χ2v) is 4.91. The second kappa shape index (κ2) is 9.35. The molecule has 5 heteroatoms. The Labute approximate surface area is 113 Å². The van der Waals surface area contributed by atoms with Gasteiger partial charge in [-0.05, 0) is 30.0 Å². The normalized spacial score (nSPS) is 12.2. The van der Waals surface area contributed by atoms with E-state index in [0.717, 1.165) is 12.4 Å². The minimum absolute atomic E-state index is 0.839. The van der Waals surface area contributed by atoms with E-state index in [9.17, 15) is 0 Å². The summed E-state index contributed by atoms with van der Waals surface area (Å²) < 4.78 is 5.03. The lowest BCUT2D eigenvalue weighted by Gasteiger charge is -2.03. The predicted molar refractivity (Wildman–Crippen MR) is 73.6 cm³/mol. The highest BCUT2D eigenvalue weighted by Crippen LogP contribution is 2.29. The monoisotopic (exact) mass is 271 g/mol. The molecule has 2 rings (SSSR count). The fraction of sp³-hybridized carbons (Fsp3) is 0.538. The number of hydrogen-bond donors (Lipinski definition) is 1. The van der Waals surface area contributed by atoms with Crippen molar-refractivity contribution >= 4 is 11.8 Å². The third-order valence-electron chi connectivity index (χ3n) is 2.52. The molecule has 0 spiro atoms. The Morgan fingerprint density at radius 1 is 1.17 bits per heavy atom. The number of thioether (sulfide) groups is 1. The number of methoxy groups -OCH3 is 1. The zero-order valence-electron chi connectivity index (χ0n) is 11.2. The molecule has 1 aliphatic carbocycles. The van der Waals surface area contributed by atoms with Gasteiger partial charge in [-0.25, -0.2) is 0 Å². The molecule has 0 fully saturated rings. The van der Waals surface area contributed by atoms with Crippen LogP contribution in [0.1, 0.15) is 11.1 Å². The van der Waals surface area contributed by atoms with E-state index in [0.29, 0.717) is 0 Å². The van der Waals surface area contributed by atoms with Gasteiger partial charge in [-0.15, -0.1) is 11.8 Å². The fourth-order valence-electron chi connectivity index (χ4n) is 1.72. The lowest BCUT2D eigenvalue weighted by molar-refractivity contribution is -0.130. The Morgan fingerprint density at radius 3 is 2.56 bits per heavy atom. The molecule has 1 N–H and O–H groups in total. The first kappa shape index (κ1) is 15.5. The number of rotatable bonds is 6. The van der Waals surface area contributed by atoms with Gasteiger partial charge in [0.2, 0.25) is 0 Å². The molecule has 1 aromatic rings. The molecule has 2 bridgehead atoms. The van der Waals surface area contributed by atoms with E-state index in [2.05, 4.69) is 33.5 Å². The zero-order valence-corrected chi connectivity index (χ0v) is 12.0. The van der Waals surface area contributed by atoms with Gasteiger partial charge in [0.25, 0.3) is 0 Å². The molecule has 4 nitrogen and oxygen atoms in total. The van der Waals surface area contributed by atoms with Crippen LogP contribution in [0, 0.1) is 0 Å². The minimum Gasteiger partial charge on any atom is -0.384 e. The molecule has 0 saturated carbocycles. The van der Waals surface area contributed by atoms with Crippen LogP contribution < -0.4 is 5.64 Å². The van der Waals surface area contributed by atoms with Crippen molar-refractivity contribution in [2.45, 2.75) is 17.7 Å². The van der Waals surface area contributed by atoms with Crippen molar-refractivity contribution in [3.05, 3.63) is 29.3 Å². The van der Waals surface area contributed by atoms with E-state index in [4.69, 9.17) is 4.74 Å². The molecule has 1 aromatic carbocycles. The maximum Gasteiger partial charge on any atom is 0.0599 e. The summed E-state index contributed by atoms with van der Waals surface area (Å²) in [5.41, 5.74) is 5.13. The molecule has 0 radical (unpaired) electrons. The molecule has 0 aliphatic heterocycles. The van der Waals surface area contributed by atoms with Crippen LogP contribution in [0.4, 0.5) is 0 Å². The third kappa shape index (κ3) is 5.37. The Balaban J connectivity index is 0.000000280. The van der Waals surface area contributed by atoms with Gasteiger partial charge in [0, 0.05) is 17.8 Å². The van der Waals surface area contributed by atoms with E-state index < -0.39 is 0 Å². The maximum absolute atomic E-state index is 5.03. The summed E-state index contributed by atoms with van der Waals surface area (Å²) in [6.45, 7) is 0.839. The smallest absolute Gasteiger partial charge is 0.0599 e. The Hall–Kier alpha value is -0.590. The molecule has 0 heterocycles. The number of nitrogens with one attached hydrogen (secondary N) is 1. The summed E-state index contributed by atoms with van der Waals surface area (Å²) in [6.07, 6.45) is 2.47. The van der Waals surface area contributed by atoms with Crippen LogP contribution in [0.2, 0.25) is 0 Å². The number of ether oxygens (including phenoxy) is 1. The van der Waals surface area contributed by atoms with Crippen molar-refractivity contribution in [1.82, 2.24) is 5.64 Å². The molecule has 0 atom stereocenters. The first-order valence-corrected chi connectivity index (χ1v) is 6.85. The highest BCUT2D eigenvalue weighted by atomic mass is 32.2. The third-order valence-corrected chi connectivity index (χ3v) is 3.60. The lowest BCUT2D eigenvalue weighted by Crippen LogP contribution is -2.07. The first-order chi connectivity index (χ1) is 8.81. The summed E-state index contributed by atoms with van der Waals surface area (Å²) in [6, 6.07) is 6.82. The molecule has 1 aliphatic rings. The van der Waals surface area contributed by atoms with Crippen LogP contribution >= 0.6 is 11.8 Å². The van der Waals surface area contributed by atoms with Gasteiger partial charge in [0.15, 0.2) is 0 Å². The van der Waals surface area contributed by atoms with Crippen LogP contribution in [-0.4, -0.2) is 33.7 Å². The number of hydrogen-bond acceptors (Lipinski definition) is 5. The van der Waals surface area contributed by atoms with Gasteiger partial charge < -0.3 is 4.74 Å². The van der Waals surface area contributed by atoms with Gasteiger partial charge >= 0.3 is 0 Å². The Kier molecular flexibility index (Phi) is 8.04. The largest absolute Gasteiger partial charge is 0.384 e. The van der Waals surface area contributed by atoms with E-state index in [1.165, 1.54) is 43.1 Å². The molecular formula is C13H21NO3S. The minimum atomic E-state index is 0.839. The summed E-state index contributed by atoms with van der Waals surface area (Å²) in [5, 5.41) is 0. The van der Waals surface area contributed by atoms with Gasteiger partial charge in [-0.2, -0.15) is 0 Å². The molecular weight excluding hydrogens is 250 g/mol. The van der Waals surface area contributed by atoms with Crippen molar-refractivity contribution in [2.24, 2.45) is 0 Å². The van der Waals surface area contributed by atoms with Gasteiger partial charge in [0.05, 0.1) is 20.8 Å². The average molecular weight is 271 g/mol. The average Bonchev–Trinajstić information content (AvgIpc) is 2.77. The Morgan fingerprint density at radius 2 is 1.94 bits per heavy atom. The molecule has 0 aromatic heterocycles. The van der Waals surface area contributed by atoms with Crippen molar-refractivity contribution in [2.75, 3.05) is 33.7 Å². The van der Waals surface area contributed by atoms with Gasteiger partial charge in [-0.1, -0.05) is 17.8 Å². The topological polar surface area (TPSA) is 39.7 Å². The Bertz CT molecular complexity index is 345. The highest BCUT2D eigenvalue weighted by Gasteiger charge is 2.10. The molecule has 18 heavy (non-hydrogen) atoms. The van der Waals surface area contributed by atoms with Crippen LogP contribution in [0.15, 0.2) is 23.1 Å². The van der Waals surface area contributed by atoms with Crippen molar-refractivity contribution < 1.29 is 14.4 Å². The lowest BCUT2D eigenvalue weighted by atomic mass is 10.2. The molecule has 0 amide bonds. The first-order valence-electron chi connectivity index (χ1n) is 5.86. The molecule has 0 saturated heterocycles. The predicted octanol–water partition coefficient (Wildman–Crippen LogP) is 2.22. The second-order valence-electron chi connectivity index (χ2n) is 3.77. The summed E-state index contributed by atoms with van der Waals surface area (Å²) in [4.78, 5) is 9.88. The quantitative estimate of drug-likeness (QED) is 0.488. The van der Waals surface area contributed by atoms with Crippen LogP contribution in [-0.2, 0) is 27.3 Å².